The van der Waals surface area contributed by atoms with Crippen molar-refractivity contribution in [2.75, 3.05) is 47.6 Å². The van der Waals surface area contributed by atoms with E-state index in [1.807, 2.05) is 42.6 Å². The van der Waals surface area contributed by atoms with Crippen LogP contribution in [0.15, 0.2) is 40.8 Å². The number of hydrogen-bond donors (Lipinski definition) is 1. The maximum Gasteiger partial charge on any atom is 0.317 e. The molecule has 10 heteroatoms. The summed E-state index contributed by atoms with van der Waals surface area (Å²) in [5.74, 6) is 1.01. The number of hydrogen-bond acceptors (Lipinski definition) is 7. The molecule has 1 aliphatic heterocycles. The zero-order chi connectivity index (χ0) is 23.8. The van der Waals surface area contributed by atoms with Crippen LogP contribution < -0.4 is 14.8 Å². The van der Waals surface area contributed by atoms with Gasteiger partial charge < -0.3 is 24.4 Å². The Labute approximate surface area is 197 Å². The Balaban J connectivity index is 1.94. The van der Waals surface area contributed by atoms with Gasteiger partial charge in [-0.05, 0) is 36.6 Å². The second kappa shape index (κ2) is 11.7. The average Bonchev–Trinajstić information content (AvgIpc) is 3.51. The van der Waals surface area contributed by atoms with Gasteiger partial charge in [-0.2, -0.15) is 5.10 Å². The summed E-state index contributed by atoms with van der Waals surface area (Å²) in [7, 11) is 4.74. The molecular formula is C23H30N4O5S. The Morgan fingerprint density at radius 1 is 1.24 bits per heavy atom. The predicted molar refractivity (Wildman–Crippen MR) is 127 cm³/mol. The highest BCUT2D eigenvalue weighted by molar-refractivity contribution is 7.12. The summed E-state index contributed by atoms with van der Waals surface area (Å²) in [6.45, 7) is 2.78. The number of amides is 3. The summed E-state index contributed by atoms with van der Waals surface area (Å²) in [5.41, 5.74) is 1.61. The normalized spacial score (nSPS) is 15.2. The van der Waals surface area contributed by atoms with Gasteiger partial charge in [0, 0.05) is 32.2 Å². The number of benzene rings is 1. The van der Waals surface area contributed by atoms with Crippen molar-refractivity contribution >= 4 is 29.0 Å². The van der Waals surface area contributed by atoms with Crippen LogP contribution >= 0.6 is 11.3 Å². The minimum Gasteiger partial charge on any atom is -0.497 e. The highest BCUT2D eigenvalue weighted by Gasteiger charge is 2.36. The van der Waals surface area contributed by atoms with Gasteiger partial charge in [0.15, 0.2) is 0 Å². The number of nitrogens with zero attached hydrogens (tertiary/aromatic N) is 3. The number of hydrazone groups is 1. The minimum atomic E-state index is -0.391. The van der Waals surface area contributed by atoms with Gasteiger partial charge in [0.05, 0.1) is 37.5 Å². The molecule has 1 aliphatic rings. The van der Waals surface area contributed by atoms with Crippen molar-refractivity contribution in [1.29, 1.82) is 0 Å². The van der Waals surface area contributed by atoms with Crippen molar-refractivity contribution in [1.82, 2.24) is 15.2 Å². The lowest BCUT2D eigenvalue weighted by Gasteiger charge is -2.27. The van der Waals surface area contributed by atoms with Crippen molar-refractivity contribution in [3.05, 3.63) is 46.2 Å². The van der Waals surface area contributed by atoms with E-state index in [2.05, 4.69) is 10.4 Å². The van der Waals surface area contributed by atoms with Crippen LogP contribution in [0.25, 0.3) is 0 Å². The first-order chi connectivity index (χ1) is 16.0. The van der Waals surface area contributed by atoms with Crippen molar-refractivity contribution in [3.8, 4) is 11.5 Å². The van der Waals surface area contributed by atoms with Gasteiger partial charge in [0.2, 0.25) is 0 Å². The van der Waals surface area contributed by atoms with Gasteiger partial charge in [-0.25, -0.2) is 9.80 Å². The summed E-state index contributed by atoms with van der Waals surface area (Å²) in [4.78, 5) is 28.4. The summed E-state index contributed by atoms with van der Waals surface area (Å²) in [6, 6.07) is 8.72. The Bertz CT molecular complexity index is 979. The quantitative estimate of drug-likeness (QED) is 0.571. The molecule has 3 rings (SSSR count). The van der Waals surface area contributed by atoms with Crippen molar-refractivity contribution in [2.45, 2.75) is 19.4 Å². The average molecular weight is 475 g/mol. The molecule has 2 aromatic rings. The molecular weight excluding hydrogens is 444 g/mol. The smallest absolute Gasteiger partial charge is 0.317 e. The molecule has 1 atom stereocenters. The monoisotopic (exact) mass is 474 g/mol. The van der Waals surface area contributed by atoms with Crippen molar-refractivity contribution < 1.29 is 23.8 Å². The van der Waals surface area contributed by atoms with Gasteiger partial charge in [0.1, 0.15) is 18.0 Å². The number of nitrogens with one attached hydrogen (secondary N) is 1. The molecule has 2 heterocycles. The van der Waals surface area contributed by atoms with Gasteiger partial charge in [-0.15, -0.1) is 11.3 Å². The molecule has 3 amide bonds. The zero-order valence-corrected chi connectivity index (χ0v) is 20.2. The number of carbonyl (C=O) groups excluding carboxylic acids is 2. The standard InChI is InChI=1S/C23H30N4O5S/c1-5-24-23(29)26(10-11-30-2)15-22(28)27-19(14-18(25-27)21-7-6-12-33-21)17-13-16(31-3)8-9-20(17)32-4/h6-9,12-13,19H,5,10-11,14-15H2,1-4H3,(H,24,29)/t19-/m0/s1. The molecule has 9 nitrogen and oxygen atoms in total. The predicted octanol–water partition coefficient (Wildman–Crippen LogP) is 3.12. The van der Waals surface area contributed by atoms with E-state index in [4.69, 9.17) is 14.2 Å². The van der Waals surface area contributed by atoms with E-state index in [0.29, 0.717) is 31.1 Å². The number of ether oxygens (including phenoxy) is 3. The Morgan fingerprint density at radius 3 is 2.70 bits per heavy atom. The fourth-order valence-electron chi connectivity index (χ4n) is 3.63. The number of urea groups is 1. The minimum absolute atomic E-state index is 0.126. The maximum absolute atomic E-state index is 13.5. The van der Waals surface area contributed by atoms with Crippen LogP contribution in [0, 0.1) is 0 Å². The number of carbonyl (C=O) groups is 2. The van der Waals surface area contributed by atoms with E-state index < -0.39 is 6.04 Å². The van der Waals surface area contributed by atoms with Gasteiger partial charge in [-0.1, -0.05) is 6.07 Å². The molecule has 0 fully saturated rings. The van der Waals surface area contributed by atoms with Crippen LogP contribution in [0.3, 0.4) is 0 Å². The van der Waals surface area contributed by atoms with Crippen molar-refractivity contribution in [3.63, 3.8) is 0 Å². The second-order valence-corrected chi connectivity index (χ2v) is 8.29. The van der Waals surface area contributed by atoms with Gasteiger partial charge >= 0.3 is 6.03 Å². The number of thiophene rings is 1. The third-order valence-corrected chi connectivity index (χ3v) is 6.19. The van der Waals surface area contributed by atoms with Crippen LogP contribution in [0.5, 0.6) is 11.5 Å². The van der Waals surface area contributed by atoms with E-state index in [1.165, 1.54) is 9.91 Å². The Hall–Kier alpha value is -3.11. The van der Waals surface area contributed by atoms with Gasteiger partial charge in [0.25, 0.3) is 5.91 Å². The molecule has 178 valence electrons. The molecule has 1 aromatic carbocycles. The lowest BCUT2D eigenvalue weighted by Crippen LogP contribution is -2.47. The SMILES string of the molecule is CCNC(=O)N(CCOC)CC(=O)N1N=C(c2cccs2)C[C@H]1c1cc(OC)ccc1OC. The molecule has 0 saturated carbocycles. The summed E-state index contributed by atoms with van der Waals surface area (Å²) < 4.78 is 16.1. The van der Waals surface area contributed by atoms with E-state index in [1.54, 1.807) is 32.7 Å². The van der Waals surface area contributed by atoms with E-state index >= 15 is 0 Å². The molecule has 0 unspecified atom stereocenters. The van der Waals surface area contributed by atoms with Crippen LogP contribution in [0.2, 0.25) is 0 Å². The Kier molecular flexibility index (Phi) is 8.67. The first-order valence-electron chi connectivity index (χ1n) is 10.7. The summed E-state index contributed by atoms with van der Waals surface area (Å²) in [5, 5.41) is 10.9. The summed E-state index contributed by atoms with van der Waals surface area (Å²) in [6.07, 6.45) is 0.523. The number of methoxy groups -OCH3 is 3. The van der Waals surface area contributed by atoms with E-state index in [0.717, 1.165) is 16.2 Å². The highest BCUT2D eigenvalue weighted by Crippen LogP contribution is 2.39. The van der Waals surface area contributed by atoms with Crippen LogP contribution in [0.1, 0.15) is 29.8 Å². The molecule has 1 N–H and O–H groups in total. The van der Waals surface area contributed by atoms with Crippen molar-refractivity contribution in [2.24, 2.45) is 5.10 Å². The lowest BCUT2D eigenvalue weighted by atomic mass is 9.99. The third-order valence-electron chi connectivity index (χ3n) is 5.27. The largest absolute Gasteiger partial charge is 0.497 e. The first kappa shape index (κ1) is 24.5. The Morgan fingerprint density at radius 2 is 2.06 bits per heavy atom. The fraction of sp³-hybridized carbons (Fsp3) is 0.435. The zero-order valence-electron chi connectivity index (χ0n) is 19.4. The highest BCUT2D eigenvalue weighted by atomic mass is 32.1. The second-order valence-electron chi connectivity index (χ2n) is 7.34. The molecule has 0 aliphatic carbocycles. The van der Waals surface area contributed by atoms with Crippen LogP contribution in [-0.2, 0) is 9.53 Å². The third kappa shape index (κ3) is 5.82. The first-order valence-corrected chi connectivity index (χ1v) is 11.6. The fourth-order valence-corrected chi connectivity index (χ4v) is 4.35. The molecule has 1 aromatic heterocycles. The topological polar surface area (TPSA) is 92.7 Å². The molecule has 0 bridgehead atoms. The van der Waals surface area contributed by atoms with Gasteiger partial charge in [-0.3, -0.25) is 4.79 Å². The molecule has 0 spiro atoms. The summed E-state index contributed by atoms with van der Waals surface area (Å²) >= 11 is 1.57. The van der Waals surface area contributed by atoms with E-state index in [9.17, 15) is 9.59 Å². The van der Waals surface area contributed by atoms with Crippen LogP contribution in [-0.4, -0.2) is 75.1 Å². The van der Waals surface area contributed by atoms with Crippen LogP contribution in [0.4, 0.5) is 4.79 Å². The molecule has 0 saturated heterocycles. The molecule has 0 radical (unpaired) electrons. The number of rotatable bonds is 10. The molecule has 33 heavy (non-hydrogen) atoms. The maximum atomic E-state index is 13.5. The van der Waals surface area contributed by atoms with E-state index in [-0.39, 0.29) is 25.0 Å². The lowest BCUT2D eigenvalue weighted by molar-refractivity contribution is -0.133.